The van der Waals surface area contributed by atoms with E-state index in [-0.39, 0.29) is 18.3 Å². The molecule has 0 fully saturated rings. The van der Waals surface area contributed by atoms with Gasteiger partial charge in [0.1, 0.15) is 5.66 Å². The highest BCUT2D eigenvalue weighted by Gasteiger charge is 2.38. The topological polar surface area (TPSA) is 68.5 Å². The van der Waals surface area contributed by atoms with Gasteiger partial charge in [-0.25, -0.2) is 0 Å². The van der Waals surface area contributed by atoms with Gasteiger partial charge in [-0.3, -0.25) is 4.57 Å². The highest BCUT2D eigenvalue weighted by atomic mass is 31.2. The Bertz CT molecular complexity index is 405. The second-order valence-electron chi connectivity index (χ2n) is 6.77. The van der Waals surface area contributed by atoms with Crippen molar-refractivity contribution in [2.75, 3.05) is 19.8 Å². The smallest absolute Gasteiger partial charge is 0.347 e. The highest BCUT2D eigenvalue weighted by molar-refractivity contribution is 7.55. The molecule has 0 saturated carbocycles. The predicted molar refractivity (Wildman–Crippen MR) is 92.6 cm³/mol. The van der Waals surface area contributed by atoms with E-state index in [2.05, 4.69) is 39.9 Å². The molecule has 1 atom stereocenters. The molecule has 1 unspecified atom stereocenters. The van der Waals surface area contributed by atoms with Gasteiger partial charge in [0.25, 0.3) is 0 Å². The summed E-state index contributed by atoms with van der Waals surface area (Å²) < 4.78 is 29.2. The van der Waals surface area contributed by atoms with Crippen LogP contribution in [0.25, 0.3) is 0 Å². The second kappa shape index (κ2) is 9.20. The van der Waals surface area contributed by atoms with E-state index in [1.54, 1.807) is 13.8 Å². The SMILES string of the molecule is CCOP(=O)(OCC)C(C#N)CCCO[Si](C)(C)C(C)(C)C. The third kappa shape index (κ3) is 6.52. The largest absolute Gasteiger partial charge is 0.417 e. The summed E-state index contributed by atoms with van der Waals surface area (Å²) in [5.41, 5.74) is -0.726. The predicted octanol–water partition coefficient (Wildman–Crippen LogP) is 4.95. The molecule has 7 heteroatoms. The maximum Gasteiger partial charge on any atom is 0.347 e. The van der Waals surface area contributed by atoms with E-state index in [4.69, 9.17) is 13.5 Å². The number of nitrogens with zero attached hydrogens (tertiary/aromatic N) is 1. The van der Waals surface area contributed by atoms with Crippen molar-refractivity contribution in [1.29, 1.82) is 5.26 Å². The molecule has 130 valence electrons. The van der Waals surface area contributed by atoms with Gasteiger partial charge in [-0.2, -0.15) is 5.26 Å². The molecule has 0 heterocycles. The van der Waals surface area contributed by atoms with Gasteiger partial charge < -0.3 is 13.5 Å². The van der Waals surface area contributed by atoms with Crippen molar-refractivity contribution in [1.82, 2.24) is 0 Å². The summed E-state index contributed by atoms with van der Waals surface area (Å²) in [6.45, 7) is 15.6. The van der Waals surface area contributed by atoms with Gasteiger partial charge in [-0.1, -0.05) is 20.8 Å². The number of hydrogen-bond acceptors (Lipinski definition) is 5. The number of rotatable bonds is 10. The Kier molecular flexibility index (Phi) is 9.12. The average Bonchev–Trinajstić information content (AvgIpc) is 2.37. The first-order valence-electron chi connectivity index (χ1n) is 7.96. The summed E-state index contributed by atoms with van der Waals surface area (Å²) in [5, 5.41) is 9.45. The molecule has 22 heavy (non-hydrogen) atoms. The van der Waals surface area contributed by atoms with Crippen molar-refractivity contribution in [2.45, 2.75) is 71.3 Å². The molecule has 0 amide bonds. The van der Waals surface area contributed by atoms with Gasteiger partial charge in [-0.15, -0.1) is 0 Å². The van der Waals surface area contributed by atoms with Gasteiger partial charge in [0.05, 0.1) is 19.3 Å². The summed E-state index contributed by atoms with van der Waals surface area (Å²) >= 11 is 0. The van der Waals surface area contributed by atoms with Crippen LogP contribution >= 0.6 is 7.60 Å². The molecular weight excluding hydrogens is 317 g/mol. The molecular formula is C15H32NO4PSi. The maximum atomic E-state index is 12.6. The van der Waals surface area contributed by atoms with Crippen molar-refractivity contribution >= 4 is 15.9 Å². The highest BCUT2D eigenvalue weighted by Crippen LogP contribution is 2.54. The number of nitriles is 1. The first kappa shape index (κ1) is 21.8. The van der Waals surface area contributed by atoms with Crippen LogP contribution in [0.15, 0.2) is 0 Å². The summed E-state index contributed by atoms with van der Waals surface area (Å²) in [6, 6.07) is 2.08. The van der Waals surface area contributed by atoms with Crippen LogP contribution in [0.4, 0.5) is 0 Å². The van der Waals surface area contributed by atoms with Crippen LogP contribution in [-0.2, 0) is 18.0 Å². The fraction of sp³-hybridized carbons (Fsp3) is 0.933. The van der Waals surface area contributed by atoms with Crippen LogP contribution in [0.1, 0.15) is 47.5 Å². The Labute approximate surface area is 137 Å². The van der Waals surface area contributed by atoms with Crippen LogP contribution in [0.2, 0.25) is 18.1 Å². The molecule has 5 nitrogen and oxygen atoms in total. The van der Waals surface area contributed by atoms with Crippen LogP contribution in [0.3, 0.4) is 0 Å². The van der Waals surface area contributed by atoms with Gasteiger partial charge in [0.2, 0.25) is 0 Å². The second-order valence-corrected chi connectivity index (χ2v) is 13.8. The molecule has 0 saturated heterocycles. The molecule has 0 rings (SSSR count). The lowest BCUT2D eigenvalue weighted by Crippen LogP contribution is -2.41. The average molecular weight is 349 g/mol. The minimum Gasteiger partial charge on any atom is -0.417 e. The van der Waals surface area contributed by atoms with Crippen LogP contribution in [0.5, 0.6) is 0 Å². The van der Waals surface area contributed by atoms with Gasteiger partial charge >= 0.3 is 7.60 Å². The van der Waals surface area contributed by atoms with Gasteiger partial charge in [-0.05, 0) is 44.8 Å². The van der Waals surface area contributed by atoms with E-state index in [1.807, 2.05) is 0 Å². The van der Waals surface area contributed by atoms with Crippen molar-refractivity contribution in [3.63, 3.8) is 0 Å². The van der Waals surface area contributed by atoms with Gasteiger partial charge in [0.15, 0.2) is 8.32 Å². The summed E-state index contributed by atoms with van der Waals surface area (Å²) in [4.78, 5) is 0. The molecule has 0 aliphatic heterocycles. The Morgan fingerprint density at radius 1 is 1.18 bits per heavy atom. The lowest BCUT2D eigenvalue weighted by molar-refractivity contribution is 0.213. The van der Waals surface area contributed by atoms with Crippen molar-refractivity contribution in [3.8, 4) is 6.07 Å². The molecule has 0 aromatic carbocycles. The lowest BCUT2D eigenvalue weighted by atomic mass is 10.2. The summed E-state index contributed by atoms with van der Waals surface area (Å²) in [7, 11) is -5.13. The summed E-state index contributed by atoms with van der Waals surface area (Å²) in [6.07, 6.45) is 1.14. The Morgan fingerprint density at radius 2 is 1.68 bits per heavy atom. The van der Waals surface area contributed by atoms with Crippen LogP contribution in [-0.4, -0.2) is 33.8 Å². The third-order valence-corrected chi connectivity index (χ3v) is 11.0. The third-order valence-electron chi connectivity index (χ3n) is 4.04. The van der Waals surface area contributed by atoms with E-state index in [0.29, 0.717) is 19.4 Å². The minimum atomic E-state index is -3.35. The minimum absolute atomic E-state index is 0.160. The van der Waals surface area contributed by atoms with E-state index in [9.17, 15) is 9.83 Å². The van der Waals surface area contributed by atoms with E-state index in [1.165, 1.54) is 0 Å². The van der Waals surface area contributed by atoms with Crippen molar-refractivity contribution in [3.05, 3.63) is 0 Å². The fourth-order valence-corrected chi connectivity index (χ4v) is 4.57. The first-order chi connectivity index (χ1) is 10.0. The molecule has 0 N–H and O–H groups in total. The molecule has 0 aliphatic rings. The monoisotopic (exact) mass is 349 g/mol. The van der Waals surface area contributed by atoms with Crippen LogP contribution in [0, 0.1) is 11.3 Å². The maximum absolute atomic E-state index is 12.6. The standard InChI is InChI=1S/C15H32NO4PSi/c1-8-18-21(17,19-9-2)14(13-16)11-10-12-20-22(6,7)15(3,4)5/h14H,8-12H2,1-7H3. The fourth-order valence-electron chi connectivity index (χ4n) is 1.69. The Morgan fingerprint density at radius 3 is 2.05 bits per heavy atom. The zero-order valence-corrected chi connectivity index (χ0v) is 17.0. The zero-order chi connectivity index (χ0) is 17.4. The molecule has 0 spiro atoms. The normalized spacial score (nSPS) is 14.6. The van der Waals surface area contributed by atoms with Crippen molar-refractivity contribution in [2.24, 2.45) is 0 Å². The molecule has 0 bridgehead atoms. The zero-order valence-electron chi connectivity index (χ0n) is 15.1. The molecule has 0 aliphatic carbocycles. The van der Waals surface area contributed by atoms with Gasteiger partial charge in [0, 0.05) is 6.61 Å². The quantitative estimate of drug-likeness (QED) is 0.317. The summed E-state index contributed by atoms with van der Waals surface area (Å²) in [5.74, 6) is 0. The Balaban J connectivity index is 4.54. The Hall–Kier alpha value is -0.183. The van der Waals surface area contributed by atoms with E-state index < -0.39 is 21.6 Å². The number of hydrogen-bond donors (Lipinski definition) is 0. The van der Waals surface area contributed by atoms with E-state index >= 15 is 0 Å². The van der Waals surface area contributed by atoms with Crippen molar-refractivity contribution < 1.29 is 18.0 Å². The molecule has 0 aromatic heterocycles. The van der Waals surface area contributed by atoms with E-state index in [0.717, 1.165) is 0 Å². The molecule has 0 radical (unpaired) electrons. The lowest BCUT2D eigenvalue weighted by Gasteiger charge is -2.36. The van der Waals surface area contributed by atoms with Crippen LogP contribution < -0.4 is 0 Å². The first-order valence-corrected chi connectivity index (χ1v) is 12.5. The molecule has 0 aromatic rings.